The van der Waals surface area contributed by atoms with E-state index in [-0.39, 0.29) is 22.8 Å². The molecule has 1 aromatic carbocycles. The number of rotatable bonds is 4. The maximum absolute atomic E-state index is 12.0. The lowest BCUT2D eigenvalue weighted by atomic mass is 10.1. The van der Waals surface area contributed by atoms with E-state index in [4.69, 9.17) is 14.1 Å². The molecule has 0 aliphatic carbocycles. The van der Waals surface area contributed by atoms with Crippen LogP contribution in [0, 0.1) is 0 Å². The Labute approximate surface area is 124 Å². The molecule has 2 aromatic rings. The van der Waals surface area contributed by atoms with Crippen LogP contribution in [0.4, 0.5) is 0 Å². The summed E-state index contributed by atoms with van der Waals surface area (Å²) < 4.78 is 9.78. The first kappa shape index (κ1) is 13.8. The number of hydrogen-bond acceptors (Lipinski definition) is 7. The van der Waals surface area contributed by atoms with Gasteiger partial charge in [0, 0.05) is 0 Å². The number of benzene rings is 1. The van der Waals surface area contributed by atoms with Crippen LogP contribution >= 0.6 is 0 Å². The fraction of sp³-hybridized carbons (Fsp3) is 0.143. The van der Waals surface area contributed by atoms with Crippen molar-refractivity contribution in [1.29, 1.82) is 0 Å². The maximum Gasteiger partial charge on any atom is 0.402 e. The van der Waals surface area contributed by atoms with Crippen LogP contribution in [0.1, 0.15) is 38.2 Å². The second-order valence-electron chi connectivity index (χ2n) is 4.29. The molecular formula is C14H10N2O6. The largest absolute Gasteiger partial charge is 0.476 e. The Kier molecular flexibility index (Phi) is 3.34. The van der Waals surface area contributed by atoms with E-state index in [9.17, 15) is 14.4 Å². The summed E-state index contributed by atoms with van der Waals surface area (Å²) in [5.41, 5.74) is 0.348. The summed E-state index contributed by atoms with van der Waals surface area (Å²) in [4.78, 5) is 40.8. The van der Waals surface area contributed by atoms with E-state index in [1.54, 1.807) is 19.1 Å². The Hall–Kier alpha value is -3.16. The van der Waals surface area contributed by atoms with Crippen molar-refractivity contribution in [3.05, 3.63) is 47.2 Å². The molecule has 0 radical (unpaired) electrons. The standard InChI is InChI=1S/C14H10N2O6/c1-2-20-11-7-10(21-15-11)14(19)22-16-12(17)8-5-3-4-6-9(8)13(16)18/h3-7H,2H2,1H3. The quantitative estimate of drug-likeness (QED) is 0.788. The predicted octanol–water partition coefficient (Wildman–Crippen LogP) is 1.44. The van der Waals surface area contributed by atoms with Gasteiger partial charge in [-0.1, -0.05) is 17.2 Å². The molecule has 0 spiro atoms. The molecule has 112 valence electrons. The van der Waals surface area contributed by atoms with Crippen molar-refractivity contribution in [1.82, 2.24) is 10.2 Å². The molecule has 22 heavy (non-hydrogen) atoms. The van der Waals surface area contributed by atoms with Crippen molar-refractivity contribution in [2.45, 2.75) is 6.92 Å². The van der Waals surface area contributed by atoms with Crippen molar-refractivity contribution in [3.63, 3.8) is 0 Å². The monoisotopic (exact) mass is 302 g/mol. The van der Waals surface area contributed by atoms with Gasteiger partial charge in [-0.05, 0) is 24.2 Å². The Morgan fingerprint density at radius 1 is 1.23 bits per heavy atom. The lowest BCUT2D eigenvalue weighted by molar-refractivity contribution is -0.0607. The van der Waals surface area contributed by atoms with Gasteiger partial charge in [0.05, 0.1) is 23.8 Å². The molecular weight excluding hydrogens is 292 g/mol. The minimum Gasteiger partial charge on any atom is -0.476 e. The van der Waals surface area contributed by atoms with Gasteiger partial charge in [0.2, 0.25) is 0 Å². The number of amides is 2. The molecule has 1 aliphatic rings. The van der Waals surface area contributed by atoms with Gasteiger partial charge < -0.3 is 14.1 Å². The number of ether oxygens (including phenoxy) is 1. The smallest absolute Gasteiger partial charge is 0.402 e. The SMILES string of the molecule is CCOc1cc(C(=O)ON2C(=O)c3ccccc3C2=O)on1. The van der Waals surface area contributed by atoms with E-state index in [0.29, 0.717) is 11.7 Å². The summed E-state index contributed by atoms with van der Waals surface area (Å²) in [6.45, 7) is 2.09. The van der Waals surface area contributed by atoms with Crippen LogP contribution in [-0.4, -0.2) is 34.6 Å². The number of imide groups is 1. The topological polar surface area (TPSA) is 98.9 Å². The minimum absolute atomic E-state index is 0.108. The zero-order valence-electron chi connectivity index (χ0n) is 11.4. The Balaban J connectivity index is 1.77. The summed E-state index contributed by atoms with van der Waals surface area (Å²) >= 11 is 0. The molecule has 3 rings (SSSR count). The molecule has 0 N–H and O–H groups in total. The van der Waals surface area contributed by atoms with Crippen molar-refractivity contribution in [2.75, 3.05) is 6.61 Å². The van der Waals surface area contributed by atoms with Gasteiger partial charge in [0.15, 0.2) is 0 Å². The molecule has 0 saturated carbocycles. The number of fused-ring (bicyclic) bond motifs is 1. The molecule has 2 heterocycles. The van der Waals surface area contributed by atoms with E-state index < -0.39 is 17.8 Å². The Bertz CT molecular complexity index is 731. The lowest BCUT2D eigenvalue weighted by Crippen LogP contribution is -2.32. The van der Waals surface area contributed by atoms with E-state index in [2.05, 4.69) is 5.16 Å². The van der Waals surface area contributed by atoms with Gasteiger partial charge in [-0.25, -0.2) is 4.79 Å². The molecule has 0 saturated heterocycles. The molecule has 0 unspecified atom stereocenters. The highest BCUT2D eigenvalue weighted by atomic mass is 16.7. The number of hydroxylamine groups is 2. The van der Waals surface area contributed by atoms with Crippen LogP contribution in [0.5, 0.6) is 5.88 Å². The van der Waals surface area contributed by atoms with Gasteiger partial charge in [0.1, 0.15) is 0 Å². The zero-order chi connectivity index (χ0) is 15.7. The molecule has 0 fully saturated rings. The van der Waals surface area contributed by atoms with Crippen LogP contribution in [-0.2, 0) is 4.84 Å². The van der Waals surface area contributed by atoms with Crippen molar-refractivity contribution < 1.29 is 28.5 Å². The first-order valence-electron chi connectivity index (χ1n) is 6.41. The van der Waals surface area contributed by atoms with Gasteiger partial charge in [-0.15, -0.1) is 0 Å². The summed E-state index contributed by atoms with van der Waals surface area (Å²) in [5.74, 6) is -2.61. The summed E-state index contributed by atoms with van der Waals surface area (Å²) in [7, 11) is 0. The zero-order valence-corrected chi connectivity index (χ0v) is 11.4. The third kappa shape index (κ3) is 2.20. The van der Waals surface area contributed by atoms with E-state index in [0.717, 1.165) is 0 Å². The fourth-order valence-electron chi connectivity index (χ4n) is 1.95. The van der Waals surface area contributed by atoms with Gasteiger partial charge in [0.25, 0.3) is 23.5 Å². The second-order valence-corrected chi connectivity index (χ2v) is 4.29. The number of hydrogen-bond donors (Lipinski definition) is 0. The molecule has 2 amide bonds. The van der Waals surface area contributed by atoms with Gasteiger partial charge in [-0.3, -0.25) is 9.59 Å². The minimum atomic E-state index is -1.02. The average molecular weight is 302 g/mol. The first-order valence-corrected chi connectivity index (χ1v) is 6.41. The van der Waals surface area contributed by atoms with Crippen molar-refractivity contribution in [2.24, 2.45) is 0 Å². The summed E-state index contributed by atoms with van der Waals surface area (Å²) in [6, 6.07) is 7.39. The summed E-state index contributed by atoms with van der Waals surface area (Å²) in [6.07, 6.45) is 0. The number of nitrogens with zero attached hydrogens (tertiary/aromatic N) is 2. The van der Waals surface area contributed by atoms with Crippen molar-refractivity contribution in [3.8, 4) is 5.88 Å². The van der Waals surface area contributed by atoms with Crippen LogP contribution in [0.25, 0.3) is 0 Å². The lowest BCUT2D eigenvalue weighted by Gasteiger charge is -2.10. The van der Waals surface area contributed by atoms with Crippen LogP contribution in [0.3, 0.4) is 0 Å². The third-order valence-electron chi connectivity index (χ3n) is 2.91. The molecule has 0 bridgehead atoms. The van der Waals surface area contributed by atoms with E-state index in [1.165, 1.54) is 18.2 Å². The highest BCUT2D eigenvalue weighted by Gasteiger charge is 2.39. The van der Waals surface area contributed by atoms with E-state index in [1.807, 2.05) is 0 Å². The molecule has 1 aromatic heterocycles. The highest BCUT2D eigenvalue weighted by molar-refractivity contribution is 6.21. The highest BCUT2D eigenvalue weighted by Crippen LogP contribution is 2.23. The predicted molar refractivity (Wildman–Crippen MR) is 70.0 cm³/mol. The molecule has 8 heteroatoms. The third-order valence-corrected chi connectivity index (χ3v) is 2.91. The van der Waals surface area contributed by atoms with Crippen LogP contribution < -0.4 is 4.74 Å². The molecule has 0 atom stereocenters. The normalized spacial score (nSPS) is 13.2. The summed E-state index contributed by atoms with van der Waals surface area (Å²) in [5, 5.41) is 3.89. The Morgan fingerprint density at radius 2 is 1.86 bits per heavy atom. The number of aromatic nitrogens is 1. The number of carbonyl (C=O) groups excluding carboxylic acids is 3. The fourth-order valence-corrected chi connectivity index (χ4v) is 1.95. The molecule has 8 nitrogen and oxygen atoms in total. The van der Waals surface area contributed by atoms with E-state index >= 15 is 0 Å². The molecule has 1 aliphatic heterocycles. The second kappa shape index (κ2) is 5.32. The first-order chi connectivity index (χ1) is 10.6. The number of carbonyl (C=O) groups is 3. The van der Waals surface area contributed by atoms with Crippen molar-refractivity contribution >= 4 is 17.8 Å². The van der Waals surface area contributed by atoms with Gasteiger partial charge >= 0.3 is 5.97 Å². The van der Waals surface area contributed by atoms with Crippen LogP contribution in [0.2, 0.25) is 0 Å². The van der Waals surface area contributed by atoms with Gasteiger partial charge in [-0.2, -0.15) is 0 Å². The average Bonchev–Trinajstić information content (AvgIpc) is 3.08. The maximum atomic E-state index is 12.0. The van der Waals surface area contributed by atoms with Crippen LogP contribution in [0.15, 0.2) is 34.9 Å². The Morgan fingerprint density at radius 3 is 2.45 bits per heavy atom.